The molecule has 0 aliphatic carbocycles. The van der Waals surface area contributed by atoms with Gasteiger partial charge in [-0.05, 0) is 31.4 Å². The predicted molar refractivity (Wildman–Crippen MR) is 111 cm³/mol. The first-order chi connectivity index (χ1) is 12.3. The van der Waals surface area contributed by atoms with Crippen molar-refractivity contribution in [2.24, 2.45) is 4.99 Å². The molecule has 0 aromatic carbocycles. The van der Waals surface area contributed by atoms with E-state index in [0.29, 0.717) is 6.54 Å². The summed E-state index contributed by atoms with van der Waals surface area (Å²) in [5, 5.41) is 11.0. The third kappa shape index (κ3) is 5.36. The van der Waals surface area contributed by atoms with E-state index in [1.54, 1.807) is 18.0 Å². The quantitative estimate of drug-likeness (QED) is 0.274. The highest BCUT2D eigenvalue weighted by molar-refractivity contribution is 14.0. The number of hydrogen-bond donors (Lipinski definition) is 2. The van der Waals surface area contributed by atoms with Gasteiger partial charge in [0, 0.05) is 46.1 Å². The van der Waals surface area contributed by atoms with Gasteiger partial charge >= 0.3 is 5.69 Å². The fourth-order valence-corrected chi connectivity index (χ4v) is 3.01. The first-order valence-corrected chi connectivity index (χ1v) is 8.91. The molecule has 0 atom stereocenters. The second-order valence-electron chi connectivity index (χ2n) is 6.14. The first-order valence-electron chi connectivity index (χ1n) is 8.91. The van der Waals surface area contributed by atoms with Crippen LogP contribution in [-0.4, -0.2) is 40.4 Å². The lowest BCUT2D eigenvalue weighted by Crippen LogP contribution is -2.39. The van der Waals surface area contributed by atoms with E-state index in [2.05, 4.69) is 20.7 Å². The molecule has 3 rings (SSSR count). The van der Waals surface area contributed by atoms with Crippen LogP contribution in [0, 0.1) is 0 Å². The Kier molecular flexibility index (Phi) is 8.20. The molecule has 0 radical (unpaired) electrons. The molecular formula is C17H27IN6O2. The molecule has 26 heavy (non-hydrogen) atoms. The van der Waals surface area contributed by atoms with E-state index < -0.39 is 0 Å². The van der Waals surface area contributed by atoms with Crippen LogP contribution < -0.4 is 16.3 Å². The van der Waals surface area contributed by atoms with Crippen molar-refractivity contribution in [2.45, 2.75) is 45.2 Å². The Morgan fingerprint density at radius 1 is 1.35 bits per heavy atom. The minimum Gasteiger partial charge on any atom is -0.469 e. The standard InChI is InChI=1S/C17H26N6O2.HI/c1-18-16(20-10-8-14-6-4-13-25-14)19-9-5-12-23-17(24)22-11-3-2-7-15(22)21-23;/h4,6,13H,2-3,5,7-12H2,1H3,(H2,18,19,20);1H. The Labute approximate surface area is 170 Å². The third-order valence-electron chi connectivity index (χ3n) is 4.34. The molecule has 2 aromatic rings. The number of rotatable bonds is 7. The number of nitrogens with one attached hydrogen (secondary N) is 2. The van der Waals surface area contributed by atoms with Crippen LogP contribution in [0.3, 0.4) is 0 Å². The van der Waals surface area contributed by atoms with Gasteiger partial charge in [-0.3, -0.25) is 9.56 Å². The van der Waals surface area contributed by atoms with Crippen molar-refractivity contribution in [2.75, 3.05) is 20.1 Å². The maximum absolute atomic E-state index is 12.2. The van der Waals surface area contributed by atoms with Crippen LogP contribution in [0.2, 0.25) is 0 Å². The number of aromatic nitrogens is 3. The van der Waals surface area contributed by atoms with Gasteiger partial charge in [0.05, 0.1) is 6.26 Å². The molecule has 0 saturated heterocycles. The largest absolute Gasteiger partial charge is 0.469 e. The van der Waals surface area contributed by atoms with Crippen molar-refractivity contribution < 1.29 is 4.42 Å². The molecular weight excluding hydrogens is 447 g/mol. The summed E-state index contributed by atoms with van der Waals surface area (Å²) in [5.74, 6) is 2.63. The molecule has 8 nitrogen and oxygen atoms in total. The highest BCUT2D eigenvalue weighted by atomic mass is 127. The molecule has 144 valence electrons. The zero-order chi connectivity index (χ0) is 17.5. The predicted octanol–water partition coefficient (Wildman–Crippen LogP) is 1.39. The van der Waals surface area contributed by atoms with E-state index in [9.17, 15) is 4.79 Å². The monoisotopic (exact) mass is 474 g/mol. The fourth-order valence-electron chi connectivity index (χ4n) is 3.01. The number of guanidine groups is 1. The van der Waals surface area contributed by atoms with Crippen LogP contribution in [0.5, 0.6) is 0 Å². The summed E-state index contributed by atoms with van der Waals surface area (Å²) in [7, 11) is 1.75. The minimum atomic E-state index is 0. The van der Waals surface area contributed by atoms with Crippen LogP contribution >= 0.6 is 24.0 Å². The molecule has 0 saturated carbocycles. The highest BCUT2D eigenvalue weighted by Gasteiger charge is 2.16. The van der Waals surface area contributed by atoms with Crippen molar-refractivity contribution in [3.8, 4) is 0 Å². The lowest BCUT2D eigenvalue weighted by molar-refractivity contribution is 0.505. The van der Waals surface area contributed by atoms with Gasteiger partial charge in [-0.2, -0.15) is 5.10 Å². The van der Waals surface area contributed by atoms with Gasteiger partial charge in [-0.25, -0.2) is 9.48 Å². The number of aryl methyl sites for hydroxylation is 2. The van der Waals surface area contributed by atoms with Crippen molar-refractivity contribution in [3.05, 3.63) is 40.5 Å². The Morgan fingerprint density at radius 2 is 2.19 bits per heavy atom. The van der Waals surface area contributed by atoms with E-state index in [-0.39, 0.29) is 29.7 Å². The van der Waals surface area contributed by atoms with Crippen LogP contribution in [0.1, 0.15) is 30.8 Å². The maximum Gasteiger partial charge on any atom is 0.345 e. The molecule has 9 heteroatoms. The van der Waals surface area contributed by atoms with Crippen LogP contribution in [0.25, 0.3) is 0 Å². The van der Waals surface area contributed by atoms with Crippen molar-refractivity contribution in [3.63, 3.8) is 0 Å². The zero-order valence-corrected chi connectivity index (χ0v) is 17.4. The third-order valence-corrected chi connectivity index (χ3v) is 4.34. The topological polar surface area (TPSA) is 89.4 Å². The van der Waals surface area contributed by atoms with Gasteiger partial charge in [-0.15, -0.1) is 24.0 Å². The summed E-state index contributed by atoms with van der Waals surface area (Å²) < 4.78 is 8.70. The molecule has 1 aliphatic rings. The van der Waals surface area contributed by atoms with Gasteiger partial charge in [0.15, 0.2) is 5.96 Å². The molecule has 0 unspecified atom stereocenters. The average molecular weight is 474 g/mol. The molecule has 0 spiro atoms. The number of nitrogens with zero attached hydrogens (tertiary/aromatic N) is 4. The molecule has 0 bridgehead atoms. The Morgan fingerprint density at radius 3 is 2.92 bits per heavy atom. The number of furan rings is 1. The average Bonchev–Trinajstić information content (AvgIpc) is 3.26. The molecule has 2 N–H and O–H groups in total. The summed E-state index contributed by atoms with van der Waals surface area (Å²) in [5.41, 5.74) is 0.0238. The lowest BCUT2D eigenvalue weighted by atomic mass is 10.2. The van der Waals surface area contributed by atoms with Gasteiger partial charge in [-0.1, -0.05) is 0 Å². The number of hydrogen-bond acceptors (Lipinski definition) is 4. The summed E-state index contributed by atoms with van der Waals surface area (Å²) >= 11 is 0. The van der Waals surface area contributed by atoms with Crippen LogP contribution in [0.4, 0.5) is 0 Å². The molecule has 3 heterocycles. The Balaban J connectivity index is 0.00000243. The van der Waals surface area contributed by atoms with Gasteiger partial charge < -0.3 is 15.1 Å². The summed E-state index contributed by atoms with van der Waals surface area (Å²) in [6, 6.07) is 3.85. The zero-order valence-electron chi connectivity index (χ0n) is 15.1. The SMILES string of the molecule is CN=C(NCCCn1nc2n(c1=O)CCCC2)NCCc1ccco1.I. The smallest absolute Gasteiger partial charge is 0.345 e. The van der Waals surface area contributed by atoms with Crippen LogP contribution in [-0.2, 0) is 25.9 Å². The van der Waals surface area contributed by atoms with Gasteiger partial charge in [0.25, 0.3) is 0 Å². The van der Waals surface area contributed by atoms with Gasteiger partial charge in [0.2, 0.25) is 0 Å². The normalized spacial score (nSPS) is 13.8. The van der Waals surface area contributed by atoms with E-state index in [0.717, 1.165) is 69.3 Å². The second-order valence-corrected chi connectivity index (χ2v) is 6.14. The maximum atomic E-state index is 12.2. The lowest BCUT2D eigenvalue weighted by Gasteiger charge is -2.11. The minimum absolute atomic E-state index is 0. The van der Waals surface area contributed by atoms with E-state index in [1.807, 2.05) is 16.7 Å². The first kappa shape index (κ1) is 20.5. The van der Waals surface area contributed by atoms with Crippen molar-refractivity contribution in [1.29, 1.82) is 0 Å². The summed E-state index contributed by atoms with van der Waals surface area (Å²) in [6.07, 6.45) is 6.40. The van der Waals surface area contributed by atoms with E-state index in [4.69, 9.17) is 4.42 Å². The van der Waals surface area contributed by atoms with Crippen molar-refractivity contribution >= 4 is 29.9 Å². The Bertz CT molecular complexity index is 750. The fraction of sp³-hybridized carbons (Fsp3) is 0.588. The van der Waals surface area contributed by atoms with Crippen molar-refractivity contribution in [1.82, 2.24) is 25.0 Å². The summed E-state index contributed by atoms with van der Waals surface area (Å²) in [4.78, 5) is 16.4. The molecule has 2 aromatic heterocycles. The number of aliphatic imine (C=N–C) groups is 1. The van der Waals surface area contributed by atoms with Gasteiger partial charge in [0.1, 0.15) is 11.6 Å². The molecule has 0 fully saturated rings. The number of halogens is 1. The summed E-state index contributed by atoms with van der Waals surface area (Å²) in [6.45, 7) is 2.91. The molecule has 1 aliphatic heterocycles. The van der Waals surface area contributed by atoms with E-state index in [1.165, 1.54) is 0 Å². The van der Waals surface area contributed by atoms with E-state index >= 15 is 0 Å². The van der Waals surface area contributed by atoms with Crippen LogP contribution in [0.15, 0.2) is 32.6 Å². The molecule has 0 amide bonds. The second kappa shape index (κ2) is 10.4. The Hall–Kier alpha value is -1.78. The highest BCUT2D eigenvalue weighted by Crippen LogP contribution is 2.09. The number of fused-ring (bicyclic) bond motifs is 1.